The highest BCUT2D eigenvalue weighted by Gasteiger charge is 2.48. The Hall–Kier alpha value is -2.97. The molecule has 1 saturated heterocycles. The van der Waals surface area contributed by atoms with E-state index < -0.39 is 5.60 Å². The summed E-state index contributed by atoms with van der Waals surface area (Å²) in [7, 11) is 2.15. The van der Waals surface area contributed by atoms with Crippen LogP contribution in [0.25, 0.3) is 11.0 Å². The van der Waals surface area contributed by atoms with Crippen molar-refractivity contribution in [2.75, 3.05) is 46.3 Å². The fraction of sp³-hybridized carbons (Fsp3) is 0.600. The largest absolute Gasteiger partial charge is 0.442 e. The van der Waals surface area contributed by atoms with Gasteiger partial charge >= 0.3 is 6.09 Å². The Morgan fingerprint density at radius 2 is 1.98 bits per heavy atom. The average Bonchev–Trinajstić information content (AvgIpc) is 3.65. The molecule has 5 rings (SSSR count). The molecule has 0 bridgehead atoms. The van der Waals surface area contributed by atoms with Crippen LogP contribution >= 0.6 is 0 Å². The van der Waals surface area contributed by atoms with Crippen molar-refractivity contribution in [3.05, 3.63) is 65.2 Å². The third-order valence-corrected chi connectivity index (χ3v) is 9.75. The second-order valence-electron chi connectivity index (χ2n) is 13.8. The number of carbonyl (C=O) groups is 1. The lowest BCUT2D eigenvalue weighted by molar-refractivity contribution is -0.0444. The summed E-state index contributed by atoms with van der Waals surface area (Å²) >= 11 is 0. The van der Waals surface area contributed by atoms with Crippen molar-refractivity contribution < 1.29 is 13.9 Å². The number of nitrogens with zero attached hydrogens (tertiary/aromatic N) is 3. The van der Waals surface area contributed by atoms with Crippen LogP contribution in [0.4, 0.5) is 9.18 Å². The van der Waals surface area contributed by atoms with Gasteiger partial charge in [0, 0.05) is 37.4 Å². The molecule has 0 spiro atoms. The van der Waals surface area contributed by atoms with Crippen LogP contribution in [0.3, 0.4) is 0 Å². The number of halogens is 1. The standard InChI is InChI=1S/C35H50FN5O2/c1-25(2)31-28-13-12-27(36)24-26(28)14-15-35(31,43-33(42)37-18-23-41-19-8-9-20-41)17-22-40(5)21-16-34(3,4)32-38-29-10-6-7-11-30(29)39-32/h6-7,10-13,24-25,31H,8-9,14-23H2,1-5H3,(H,37,42)(H,38,39)/t31-,35-/m0/s1. The number of aromatic amines is 1. The summed E-state index contributed by atoms with van der Waals surface area (Å²) in [6.07, 6.45) is 5.14. The minimum Gasteiger partial charge on any atom is -0.442 e. The highest BCUT2D eigenvalue weighted by atomic mass is 19.1. The molecular formula is C35H50FN5O2. The number of fused-ring (bicyclic) bond motifs is 2. The first-order valence-electron chi connectivity index (χ1n) is 16.2. The van der Waals surface area contributed by atoms with Crippen molar-refractivity contribution in [3.8, 4) is 0 Å². The summed E-state index contributed by atoms with van der Waals surface area (Å²) in [6, 6.07) is 13.3. The second-order valence-corrected chi connectivity index (χ2v) is 13.8. The molecule has 234 valence electrons. The molecule has 2 atom stereocenters. The van der Waals surface area contributed by atoms with Crippen LogP contribution in [-0.4, -0.2) is 77.8 Å². The molecule has 1 amide bonds. The predicted molar refractivity (Wildman–Crippen MR) is 171 cm³/mol. The number of aryl methyl sites for hydroxylation is 1. The number of imidazole rings is 1. The topological polar surface area (TPSA) is 73.5 Å². The van der Waals surface area contributed by atoms with E-state index in [9.17, 15) is 9.18 Å². The van der Waals surface area contributed by atoms with Gasteiger partial charge in [0.05, 0.1) is 11.0 Å². The number of likely N-dealkylation sites (tertiary alicyclic amines) is 1. The van der Waals surface area contributed by atoms with Gasteiger partial charge in [-0.15, -0.1) is 0 Å². The van der Waals surface area contributed by atoms with Crippen molar-refractivity contribution in [2.45, 2.75) is 83.2 Å². The number of aromatic nitrogens is 2. The fourth-order valence-electron chi connectivity index (χ4n) is 7.19. The second kappa shape index (κ2) is 13.3. The monoisotopic (exact) mass is 591 g/mol. The van der Waals surface area contributed by atoms with Gasteiger partial charge in [-0.2, -0.15) is 0 Å². The van der Waals surface area contributed by atoms with Gasteiger partial charge in [-0.05, 0) is 100 Å². The third-order valence-electron chi connectivity index (χ3n) is 9.75. The number of rotatable bonds is 12. The van der Waals surface area contributed by atoms with Crippen LogP contribution in [0.5, 0.6) is 0 Å². The maximum atomic E-state index is 14.2. The van der Waals surface area contributed by atoms with E-state index in [1.165, 1.54) is 12.8 Å². The van der Waals surface area contributed by atoms with Crippen LogP contribution in [0.15, 0.2) is 42.5 Å². The Balaban J connectivity index is 1.28. The molecule has 0 radical (unpaired) electrons. The SMILES string of the molecule is CC(C)[C@H]1c2ccc(F)cc2CC[C@@]1(CCN(C)CCC(C)(C)c1nc2ccccc2[nH]1)OC(=O)NCCN1CCCC1. The van der Waals surface area contributed by atoms with Crippen LogP contribution in [0.2, 0.25) is 0 Å². The molecule has 1 aliphatic carbocycles. The van der Waals surface area contributed by atoms with Crippen LogP contribution < -0.4 is 5.32 Å². The van der Waals surface area contributed by atoms with E-state index in [4.69, 9.17) is 9.72 Å². The lowest BCUT2D eigenvalue weighted by atomic mass is 9.65. The summed E-state index contributed by atoms with van der Waals surface area (Å²) in [5.74, 6) is 1.01. The number of benzene rings is 2. The summed E-state index contributed by atoms with van der Waals surface area (Å²) in [4.78, 5) is 26.4. The molecule has 1 fully saturated rings. The number of amides is 1. The molecule has 2 aliphatic rings. The van der Waals surface area contributed by atoms with Crippen LogP contribution in [0, 0.1) is 11.7 Å². The van der Waals surface area contributed by atoms with E-state index in [0.29, 0.717) is 25.8 Å². The van der Waals surface area contributed by atoms with E-state index in [1.54, 1.807) is 12.1 Å². The summed E-state index contributed by atoms with van der Waals surface area (Å²) < 4.78 is 20.7. The maximum Gasteiger partial charge on any atom is 0.407 e. The number of H-pyrrole nitrogens is 1. The highest BCUT2D eigenvalue weighted by Crippen LogP contribution is 2.48. The Morgan fingerprint density at radius 1 is 1.21 bits per heavy atom. The zero-order valence-electron chi connectivity index (χ0n) is 26.7. The smallest absolute Gasteiger partial charge is 0.407 e. The average molecular weight is 592 g/mol. The first kappa shape index (κ1) is 31.5. The van der Waals surface area contributed by atoms with Gasteiger partial charge in [-0.3, -0.25) is 0 Å². The van der Waals surface area contributed by atoms with Gasteiger partial charge in [-0.1, -0.05) is 45.9 Å². The highest BCUT2D eigenvalue weighted by molar-refractivity contribution is 5.75. The Morgan fingerprint density at radius 3 is 2.72 bits per heavy atom. The number of ether oxygens (including phenoxy) is 1. The van der Waals surface area contributed by atoms with E-state index in [2.05, 4.69) is 60.9 Å². The maximum absolute atomic E-state index is 14.2. The minimum atomic E-state index is -0.667. The van der Waals surface area contributed by atoms with Gasteiger partial charge in [-0.25, -0.2) is 14.2 Å². The molecule has 2 N–H and O–H groups in total. The molecule has 2 aromatic carbocycles. The summed E-state index contributed by atoms with van der Waals surface area (Å²) in [6.45, 7) is 14.2. The first-order chi connectivity index (χ1) is 20.6. The Bertz CT molecular complexity index is 1350. The van der Waals surface area contributed by atoms with Crippen molar-refractivity contribution in [3.63, 3.8) is 0 Å². The third kappa shape index (κ3) is 7.40. The van der Waals surface area contributed by atoms with E-state index >= 15 is 0 Å². The van der Waals surface area contributed by atoms with E-state index in [0.717, 1.165) is 67.1 Å². The van der Waals surface area contributed by atoms with Crippen molar-refractivity contribution in [1.82, 2.24) is 25.1 Å². The molecule has 0 saturated carbocycles. The molecule has 3 aromatic rings. The molecular weight excluding hydrogens is 541 g/mol. The number of alkyl carbamates (subject to hydrolysis) is 1. The lowest BCUT2D eigenvalue weighted by Gasteiger charge is -2.47. The quantitative estimate of drug-likeness (QED) is 0.247. The number of nitrogens with one attached hydrogen (secondary N) is 2. The molecule has 0 unspecified atom stereocenters. The van der Waals surface area contributed by atoms with Crippen molar-refractivity contribution >= 4 is 17.1 Å². The summed E-state index contributed by atoms with van der Waals surface area (Å²) in [5, 5.41) is 3.05. The molecule has 2 heterocycles. The zero-order chi connectivity index (χ0) is 30.6. The van der Waals surface area contributed by atoms with Crippen LogP contribution in [-0.2, 0) is 16.6 Å². The van der Waals surface area contributed by atoms with Gasteiger partial charge in [0.15, 0.2) is 0 Å². The fourth-order valence-corrected chi connectivity index (χ4v) is 7.19. The zero-order valence-corrected chi connectivity index (χ0v) is 26.7. The lowest BCUT2D eigenvalue weighted by Crippen LogP contribution is -2.50. The molecule has 1 aliphatic heterocycles. The molecule has 8 heteroatoms. The number of hydrogen-bond donors (Lipinski definition) is 2. The Kier molecular flexibility index (Phi) is 9.76. The molecule has 7 nitrogen and oxygen atoms in total. The van der Waals surface area contributed by atoms with Crippen molar-refractivity contribution in [1.29, 1.82) is 0 Å². The summed E-state index contributed by atoms with van der Waals surface area (Å²) in [5.41, 5.74) is 3.42. The number of hydrogen-bond acceptors (Lipinski definition) is 5. The normalized spacial score (nSPS) is 21.1. The Labute approximate surface area is 256 Å². The predicted octanol–water partition coefficient (Wildman–Crippen LogP) is 6.64. The van der Waals surface area contributed by atoms with Gasteiger partial charge in [0.1, 0.15) is 17.2 Å². The number of para-hydroxylation sites is 2. The van der Waals surface area contributed by atoms with E-state index in [-0.39, 0.29) is 29.2 Å². The van der Waals surface area contributed by atoms with Gasteiger partial charge < -0.3 is 24.8 Å². The van der Waals surface area contributed by atoms with Crippen molar-refractivity contribution in [2.24, 2.45) is 5.92 Å². The van der Waals surface area contributed by atoms with Gasteiger partial charge in [0.25, 0.3) is 0 Å². The van der Waals surface area contributed by atoms with Gasteiger partial charge in [0.2, 0.25) is 0 Å². The van der Waals surface area contributed by atoms with Crippen LogP contribution in [0.1, 0.15) is 82.7 Å². The molecule has 1 aromatic heterocycles. The first-order valence-corrected chi connectivity index (χ1v) is 16.2. The molecule has 43 heavy (non-hydrogen) atoms. The van der Waals surface area contributed by atoms with E-state index in [1.807, 2.05) is 24.3 Å². The number of carbonyl (C=O) groups excluding carboxylic acids is 1. The minimum absolute atomic E-state index is 0.0124.